The Balaban J connectivity index is 1.56. The summed E-state index contributed by atoms with van der Waals surface area (Å²) in [6.07, 6.45) is 0.680. The second kappa shape index (κ2) is 9.59. The number of rotatable bonds is 8. The van der Waals surface area contributed by atoms with Gasteiger partial charge in [-0.25, -0.2) is 4.79 Å². The molecule has 1 atom stereocenters. The molecule has 0 fully saturated rings. The van der Waals surface area contributed by atoms with Gasteiger partial charge >= 0.3 is 5.97 Å². The molecule has 0 aliphatic carbocycles. The van der Waals surface area contributed by atoms with Crippen molar-refractivity contribution in [1.29, 1.82) is 0 Å². The van der Waals surface area contributed by atoms with Gasteiger partial charge < -0.3 is 19.8 Å². The number of para-hydroxylation sites is 1. The van der Waals surface area contributed by atoms with Crippen LogP contribution in [0.25, 0.3) is 0 Å². The highest BCUT2D eigenvalue weighted by atomic mass is 16.5. The highest BCUT2D eigenvalue weighted by Gasteiger charge is 2.20. The highest BCUT2D eigenvalue weighted by Crippen LogP contribution is 2.18. The Hall–Kier alpha value is -3.54. The average molecular weight is 392 g/mol. The maximum atomic E-state index is 12.6. The zero-order chi connectivity index (χ0) is 20.6. The zero-order valence-electron chi connectivity index (χ0n) is 16.5. The number of nitrogens with one attached hydrogen (secondary N) is 2. The molecule has 0 aliphatic rings. The van der Waals surface area contributed by atoms with Crippen LogP contribution >= 0.6 is 0 Å². The zero-order valence-corrected chi connectivity index (χ0v) is 16.5. The van der Waals surface area contributed by atoms with Crippen molar-refractivity contribution >= 4 is 17.6 Å². The molecule has 1 aromatic heterocycles. The highest BCUT2D eigenvalue weighted by molar-refractivity contribution is 5.97. The molecule has 2 aromatic carbocycles. The Bertz CT molecular complexity index is 949. The number of carbonyl (C=O) groups excluding carboxylic acids is 2. The molecule has 2 N–H and O–H groups in total. The third-order valence-electron chi connectivity index (χ3n) is 4.42. The lowest BCUT2D eigenvalue weighted by molar-refractivity contribution is -0.129. The van der Waals surface area contributed by atoms with E-state index in [4.69, 9.17) is 9.15 Å². The van der Waals surface area contributed by atoms with Crippen LogP contribution in [-0.4, -0.2) is 18.0 Å². The second-order valence-electron chi connectivity index (χ2n) is 6.73. The Labute approximate surface area is 169 Å². The van der Waals surface area contributed by atoms with E-state index in [-0.39, 0.29) is 5.91 Å². The smallest absolute Gasteiger partial charge is 0.341 e. The van der Waals surface area contributed by atoms with Crippen molar-refractivity contribution in [2.75, 3.05) is 5.32 Å². The standard InChI is InChI=1S/C23H24N2O4/c1-16-9-11-18(12-10-16)14-25-22(26)17(2)29-23(27)20-7-3-4-8-21(20)24-15-19-6-5-13-28-19/h3-13,17,24H,14-15H2,1-2H3,(H,25,26)/t17-/m0/s1. The fourth-order valence-electron chi connectivity index (χ4n) is 2.73. The second-order valence-corrected chi connectivity index (χ2v) is 6.73. The summed E-state index contributed by atoms with van der Waals surface area (Å²) in [6.45, 7) is 4.37. The topological polar surface area (TPSA) is 80.6 Å². The largest absolute Gasteiger partial charge is 0.467 e. The molecule has 0 radical (unpaired) electrons. The molecule has 6 nitrogen and oxygen atoms in total. The van der Waals surface area contributed by atoms with Crippen LogP contribution in [0.15, 0.2) is 71.3 Å². The molecule has 1 heterocycles. The molecule has 0 aliphatic heterocycles. The number of hydrogen-bond acceptors (Lipinski definition) is 5. The fourth-order valence-corrected chi connectivity index (χ4v) is 2.73. The summed E-state index contributed by atoms with van der Waals surface area (Å²) < 4.78 is 10.7. The first-order valence-corrected chi connectivity index (χ1v) is 9.42. The lowest BCUT2D eigenvalue weighted by atomic mass is 10.1. The van der Waals surface area contributed by atoms with Crippen LogP contribution < -0.4 is 10.6 Å². The molecular weight excluding hydrogens is 368 g/mol. The Kier molecular flexibility index (Phi) is 6.68. The molecular formula is C23H24N2O4. The van der Waals surface area contributed by atoms with Gasteiger partial charge in [0.1, 0.15) is 5.76 Å². The van der Waals surface area contributed by atoms with Gasteiger partial charge in [0.2, 0.25) is 0 Å². The van der Waals surface area contributed by atoms with Crippen molar-refractivity contribution in [3.05, 3.63) is 89.4 Å². The quantitative estimate of drug-likeness (QED) is 0.565. The van der Waals surface area contributed by atoms with Crippen molar-refractivity contribution in [3.63, 3.8) is 0 Å². The normalized spacial score (nSPS) is 11.5. The van der Waals surface area contributed by atoms with Gasteiger partial charge in [-0.3, -0.25) is 4.79 Å². The van der Waals surface area contributed by atoms with E-state index in [0.717, 1.165) is 16.9 Å². The molecule has 150 valence electrons. The van der Waals surface area contributed by atoms with Gasteiger partial charge in [-0.15, -0.1) is 0 Å². The predicted octanol–water partition coefficient (Wildman–Crippen LogP) is 4.06. The number of aryl methyl sites for hydroxylation is 1. The summed E-state index contributed by atoms with van der Waals surface area (Å²) in [5, 5.41) is 5.94. The molecule has 0 bridgehead atoms. The van der Waals surface area contributed by atoms with Gasteiger partial charge in [0, 0.05) is 12.2 Å². The Morgan fingerprint density at radius 3 is 2.48 bits per heavy atom. The first kappa shape index (κ1) is 20.2. The van der Waals surface area contributed by atoms with Crippen molar-refractivity contribution in [3.8, 4) is 0 Å². The van der Waals surface area contributed by atoms with Gasteiger partial charge in [-0.2, -0.15) is 0 Å². The van der Waals surface area contributed by atoms with Gasteiger partial charge in [-0.1, -0.05) is 42.0 Å². The minimum Gasteiger partial charge on any atom is -0.467 e. The SMILES string of the molecule is Cc1ccc(CNC(=O)[C@H](C)OC(=O)c2ccccc2NCc2ccco2)cc1. The number of furan rings is 1. The van der Waals surface area contributed by atoms with Gasteiger partial charge in [0.05, 0.1) is 18.4 Å². The van der Waals surface area contributed by atoms with Crippen LogP contribution in [0, 0.1) is 6.92 Å². The summed E-state index contributed by atoms with van der Waals surface area (Å²) in [4.78, 5) is 24.9. The third kappa shape index (κ3) is 5.72. The van der Waals surface area contributed by atoms with E-state index >= 15 is 0 Å². The van der Waals surface area contributed by atoms with Crippen LogP contribution in [0.5, 0.6) is 0 Å². The van der Waals surface area contributed by atoms with E-state index in [1.807, 2.05) is 43.3 Å². The van der Waals surface area contributed by atoms with E-state index < -0.39 is 12.1 Å². The first-order valence-electron chi connectivity index (χ1n) is 9.42. The maximum Gasteiger partial charge on any atom is 0.341 e. The van der Waals surface area contributed by atoms with Crippen LogP contribution in [0.3, 0.4) is 0 Å². The molecule has 3 aromatic rings. The molecule has 1 amide bonds. The molecule has 29 heavy (non-hydrogen) atoms. The molecule has 0 saturated carbocycles. The molecule has 0 saturated heterocycles. The molecule has 3 rings (SSSR count). The minimum absolute atomic E-state index is 0.347. The third-order valence-corrected chi connectivity index (χ3v) is 4.42. The first-order chi connectivity index (χ1) is 14.0. The maximum absolute atomic E-state index is 12.6. The average Bonchev–Trinajstić information content (AvgIpc) is 3.25. The van der Waals surface area contributed by atoms with Crippen LogP contribution in [0.1, 0.15) is 34.2 Å². The van der Waals surface area contributed by atoms with Crippen molar-refractivity contribution in [2.24, 2.45) is 0 Å². The van der Waals surface area contributed by atoms with Crippen molar-refractivity contribution in [2.45, 2.75) is 33.0 Å². The summed E-state index contributed by atoms with van der Waals surface area (Å²) in [5.74, 6) is -0.164. The van der Waals surface area contributed by atoms with Crippen molar-refractivity contribution < 1.29 is 18.7 Å². The number of carbonyl (C=O) groups is 2. The van der Waals surface area contributed by atoms with Gasteiger partial charge in [0.15, 0.2) is 6.10 Å². The summed E-state index contributed by atoms with van der Waals surface area (Å²) in [6, 6.07) is 18.5. The van der Waals surface area contributed by atoms with Crippen molar-refractivity contribution in [1.82, 2.24) is 5.32 Å². The Morgan fingerprint density at radius 2 is 1.76 bits per heavy atom. The van der Waals surface area contributed by atoms with E-state index in [1.165, 1.54) is 0 Å². The fraction of sp³-hybridized carbons (Fsp3) is 0.217. The lowest BCUT2D eigenvalue weighted by Crippen LogP contribution is -2.35. The number of benzene rings is 2. The summed E-state index contributed by atoms with van der Waals surface area (Å²) in [7, 11) is 0. The minimum atomic E-state index is -0.911. The van der Waals surface area contributed by atoms with E-state index in [9.17, 15) is 9.59 Å². The number of hydrogen-bond donors (Lipinski definition) is 2. The predicted molar refractivity (Wildman–Crippen MR) is 110 cm³/mol. The number of amides is 1. The molecule has 0 spiro atoms. The van der Waals surface area contributed by atoms with E-state index in [0.29, 0.717) is 24.3 Å². The van der Waals surface area contributed by atoms with E-state index in [1.54, 1.807) is 37.5 Å². The lowest BCUT2D eigenvalue weighted by Gasteiger charge is -2.15. The van der Waals surface area contributed by atoms with Crippen LogP contribution in [0.2, 0.25) is 0 Å². The summed E-state index contributed by atoms with van der Waals surface area (Å²) >= 11 is 0. The van der Waals surface area contributed by atoms with Gasteiger partial charge in [0.25, 0.3) is 5.91 Å². The van der Waals surface area contributed by atoms with Gasteiger partial charge in [-0.05, 0) is 43.7 Å². The number of ether oxygens (including phenoxy) is 1. The molecule has 0 unspecified atom stereocenters. The monoisotopic (exact) mass is 392 g/mol. The number of esters is 1. The summed E-state index contributed by atoms with van der Waals surface area (Å²) in [5.41, 5.74) is 3.11. The Morgan fingerprint density at radius 1 is 1.00 bits per heavy atom. The van der Waals surface area contributed by atoms with E-state index in [2.05, 4.69) is 10.6 Å². The van der Waals surface area contributed by atoms with Crippen LogP contribution in [0.4, 0.5) is 5.69 Å². The van der Waals surface area contributed by atoms with Crippen LogP contribution in [-0.2, 0) is 22.6 Å². The number of anilines is 1. The molecule has 6 heteroatoms.